The van der Waals surface area contributed by atoms with Crippen LogP contribution in [0.25, 0.3) is 5.69 Å². The van der Waals surface area contributed by atoms with Crippen LogP contribution in [0.2, 0.25) is 0 Å². The van der Waals surface area contributed by atoms with Crippen LogP contribution in [0.4, 0.5) is 0 Å². The van der Waals surface area contributed by atoms with Gasteiger partial charge in [0.1, 0.15) is 6.04 Å². The second-order valence-corrected chi connectivity index (χ2v) is 8.68. The second-order valence-electron chi connectivity index (χ2n) is 7.28. The van der Waals surface area contributed by atoms with Crippen molar-refractivity contribution in [3.05, 3.63) is 83.9 Å². The van der Waals surface area contributed by atoms with E-state index in [0.29, 0.717) is 5.25 Å². The number of rotatable bonds is 3. The van der Waals surface area contributed by atoms with Crippen LogP contribution < -0.4 is 0 Å². The van der Waals surface area contributed by atoms with Gasteiger partial charge in [0.25, 0.3) is 0 Å². The highest BCUT2D eigenvalue weighted by Crippen LogP contribution is 2.47. The average molecular weight is 375 g/mol. The third-order valence-corrected chi connectivity index (χ3v) is 6.35. The van der Waals surface area contributed by atoms with Crippen molar-refractivity contribution < 1.29 is 0 Å². The van der Waals surface area contributed by atoms with Crippen LogP contribution in [0, 0.1) is 6.92 Å². The van der Waals surface area contributed by atoms with Crippen LogP contribution in [-0.2, 0) is 0 Å². The Balaban J connectivity index is 1.62. The highest BCUT2D eigenvalue weighted by molar-refractivity contribution is 8.14. The van der Waals surface area contributed by atoms with Gasteiger partial charge in [0.2, 0.25) is 0 Å². The third-order valence-electron chi connectivity index (χ3n) is 5.24. The van der Waals surface area contributed by atoms with Gasteiger partial charge in [-0.1, -0.05) is 36.9 Å². The fraction of sp³-hybridized carbons (Fsp3) is 0.273. The lowest BCUT2D eigenvalue weighted by Crippen LogP contribution is -2.30. The van der Waals surface area contributed by atoms with Crippen molar-refractivity contribution in [2.45, 2.75) is 31.2 Å². The molecule has 2 aliphatic heterocycles. The number of aryl methyl sites for hydroxylation is 1. The predicted molar refractivity (Wildman–Crippen MR) is 111 cm³/mol. The van der Waals surface area contributed by atoms with Gasteiger partial charge in [-0.3, -0.25) is 9.98 Å². The molecule has 4 nitrogen and oxygen atoms in total. The quantitative estimate of drug-likeness (QED) is 0.662. The minimum Gasteiger partial charge on any atom is -0.339 e. The number of hydrogen-bond donors (Lipinski definition) is 0. The smallest absolute Gasteiger partial charge is 0.160 e. The molecule has 1 aromatic carbocycles. The molecular formula is C22H22N4S. The van der Waals surface area contributed by atoms with Gasteiger partial charge in [0, 0.05) is 35.6 Å². The minimum absolute atomic E-state index is 0.0275. The fourth-order valence-corrected chi connectivity index (χ4v) is 5.18. The van der Waals surface area contributed by atoms with Crippen molar-refractivity contribution in [3.8, 4) is 5.69 Å². The molecule has 0 bridgehead atoms. The van der Waals surface area contributed by atoms with Gasteiger partial charge in [-0.05, 0) is 48.9 Å². The SMILES string of the molecule is Cc1cccc(-n2cccc2[C@H]2[C@@H](c3ccccn3)N=C3S[C@@H](C)CN32)c1. The number of pyridine rings is 1. The van der Waals surface area contributed by atoms with Gasteiger partial charge in [0.05, 0.1) is 11.7 Å². The summed E-state index contributed by atoms with van der Waals surface area (Å²) in [5.41, 5.74) is 4.77. The van der Waals surface area contributed by atoms with E-state index in [1.807, 2.05) is 24.0 Å². The van der Waals surface area contributed by atoms with Crippen LogP contribution in [0.3, 0.4) is 0 Å². The molecule has 5 heteroatoms. The Labute approximate surface area is 164 Å². The number of aliphatic imine (C=N–C) groups is 1. The summed E-state index contributed by atoms with van der Waals surface area (Å²) < 4.78 is 2.31. The van der Waals surface area contributed by atoms with E-state index in [1.54, 1.807) is 0 Å². The van der Waals surface area contributed by atoms with E-state index in [2.05, 4.69) is 83.0 Å². The molecule has 1 fully saturated rings. The average Bonchev–Trinajstić information content (AvgIpc) is 3.36. The standard InChI is InChI=1S/C22H22N4S/c1-15-7-5-8-17(13-15)25-12-6-10-19(25)21-20(18-9-3-4-11-23-18)24-22-26(21)14-16(2)27-22/h3-13,16,20-21H,14H2,1-2H3/t16-,20+,21-/m0/s1. The Morgan fingerprint density at radius 1 is 1.07 bits per heavy atom. The van der Waals surface area contributed by atoms with Gasteiger partial charge in [-0.15, -0.1) is 0 Å². The van der Waals surface area contributed by atoms with E-state index < -0.39 is 0 Å². The van der Waals surface area contributed by atoms with Gasteiger partial charge in [0.15, 0.2) is 5.17 Å². The van der Waals surface area contributed by atoms with Gasteiger partial charge in [-0.2, -0.15) is 0 Å². The molecule has 1 saturated heterocycles. The zero-order valence-corrected chi connectivity index (χ0v) is 16.3. The molecule has 4 heterocycles. The van der Waals surface area contributed by atoms with Crippen molar-refractivity contribution in [2.24, 2.45) is 4.99 Å². The number of fused-ring (bicyclic) bond motifs is 1. The Hall–Kier alpha value is -2.53. The Bertz CT molecular complexity index is 994. The molecule has 0 amide bonds. The summed E-state index contributed by atoms with van der Waals surface area (Å²) >= 11 is 1.88. The molecule has 5 rings (SSSR count). The summed E-state index contributed by atoms with van der Waals surface area (Å²) in [5, 5.41) is 1.72. The topological polar surface area (TPSA) is 33.4 Å². The number of nitrogens with zero attached hydrogens (tertiary/aromatic N) is 4. The molecule has 2 aliphatic rings. The lowest BCUT2D eigenvalue weighted by Gasteiger charge is -2.28. The lowest BCUT2D eigenvalue weighted by atomic mass is 10.0. The number of aromatic nitrogens is 2. The summed E-state index contributed by atoms with van der Waals surface area (Å²) in [6.45, 7) is 5.44. The summed E-state index contributed by atoms with van der Waals surface area (Å²) in [4.78, 5) is 12.2. The van der Waals surface area contributed by atoms with Crippen LogP contribution in [0.5, 0.6) is 0 Å². The zero-order valence-electron chi connectivity index (χ0n) is 15.5. The van der Waals surface area contributed by atoms with Crippen LogP contribution >= 0.6 is 11.8 Å². The molecule has 0 aliphatic carbocycles. The van der Waals surface area contributed by atoms with Crippen LogP contribution in [0.15, 0.2) is 72.0 Å². The highest BCUT2D eigenvalue weighted by atomic mass is 32.2. The van der Waals surface area contributed by atoms with Crippen LogP contribution in [-0.4, -0.2) is 31.4 Å². The van der Waals surface area contributed by atoms with Crippen LogP contribution in [0.1, 0.15) is 36.0 Å². The number of hydrogen-bond acceptors (Lipinski definition) is 4. The summed E-state index contributed by atoms with van der Waals surface area (Å²) in [5.74, 6) is 0. The van der Waals surface area contributed by atoms with Crippen molar-refractivity contribution in [2.75, 3.05) is 6.54 Å². The lowest BCUT2D eigenvalue weighted by molar-refractivity contribution is 0.312. The van der Waals surface area contributed by atoms with E-state index in [-0.39, 0.29) is 12.1 Å². The maximum Gasteiger partial charge on any atom is 0.160 e. The van der Waals surface area contributed by atoms with E-state index in [0.717, 1.165) is 17.4 Å². The molecule has 2 aromatic heterocycles. The molecule has 0 spiro atoms. The number of amidine groups is 1. The normalized spacial score (nSPS) is 24.1. The molecule has 0 saturated carbocycles. The molecule has 136 valence electrons. The van der Waals surface area contributed by atoms with Gasteiger partial charge >= 0.3 is 0 Å². The molecule has 3 aromatic rings. The van der Waals surface area contributed by atoms with Crippen molar-refractivity contribution in [1.29, 1.82) is 0 Å². The Kier molecular flexibility index (Phi) is 4.05. The summed E-state index contributed by atoms with van der Waals surface area (Å²) in [6.07, 6.45) is 4.02. The Morgan fingerprint density at radius 3 is 2.81 bits per heavy atom. The van der Waals surface area contributed by atoms with Crippen molar-refractivity contribution >= 4 is 16.9 Å². The first-order valence-corrected chi connectivity index (χ1v) is 10.2. The highest BCUT2D eigenvalue weighted by Gasteiger charge is 2.44. The van der Waals surface area contributed by atoms with E-state index in [1.165, 1.54) is 16.9 Å². The van der Waals surface area contributed by atoms with E-state index >= 15 is 0 Å². The maximum atomic E-state index is 5.09. The minimum atomic E-state index is 0.0275. The molecule has 0 N–H and O–H groups in total. The molecule has 0 radical (unpaired) electrons. The summed E-state index contributed by atoms with van der Waals surface area (Å²) in [7, 11) is 0. The molecule has 0 unspecified atom stereocenters. The monoisotopic (exact) mass is 374 g/mol. The second kappa shape index (κ2) is 6.57. The summed E-state index contributed by atoms with van der Waals surface area (Å²) in [6, 6.07) is 19.3. The molecular weight excluding hydrogens is 352 g/mol. The molecule has 27 heavy (non-hydrogen) atoms. The first-order valence-electron chi connectivity index (χ1n) is 9.37. The first kappa shape index (κ1) is 16.6. The number of thioether (sulfide) groups is 1. The van der Waals surface area contributed by atoms with Crippen molar-refractivity contribution in [1.82, 2.24) is 14.5 Å². The van der Waals surface area contributed by atoms with E-state index in [4.69, 9.17) is 4.99 Å². The molecule has 3 atom stereocenters. The maximum absolute atomic E-state index is 5.09. The van der Waals surface area contributed by atoms with Crippen molar-refractivity contribution in [3.63, 3.8) is 0 Å². The van der Waals surface area contributed by atoms with Gasteiger partial charge < -0.3 is 9.47 Å². The fourth-order valence-electron chi connectivity index (χ4n) is 4.09. The Morgan fingerprint density at radius 2 is 2.00 bits per heavy atom. The predicted octanol–water partition coefficient (Wildman–Crippen LogP) is 4.77. The number of benzene rings is 1. The first-order chi connectivity index (χ1) is 13.2. The largest absolute Gasteiger partial charge is 0.339 e. The third kappa shape index (κ3) is 2.86. The van der Waals surface area contributed by atoms with E-state index in [9.17, 15) is 0 Å². The van der Waals surface area contributed by atoms with Gasteiger partial charge in [-0.25, -0.2) is 0 Å². The zero-order chi connectivity index (χ0) is 18.4.